The molecule has 0 saturated heterocycles. The number of aromatic nitrogens is 1. The summed E-state index contributed by atoms with van der Waals surface area (Å²) in [5.74, 6) is -0.441. The van der Waals surface area contributed by atoms with Gasteiger partial charge < -0.3 is 19.9 Å². The third kappa shape index (κ3) is 7.02. The van der Waals surface area contributed by atoms with Gasteiger partial charge in [0.15, 0.2) is 0 Å². The largest absolute Gasteiger partial charge is 0.573 e. The molecule has 174 valence electrons. The molecule has 1 heterocycles. The molecule has 0 fully saturated rings. The van der Waals surface area contributed by atoms with Crippen LogP contribution in [0.3, 0.4) is 0 Å². The number of urea groups is 1. The van der Waals surface area contributed by atoms with Crippen molar-refractivity contribution in [1.82, 2.24) is 4.57 Å². The lowest BCUT2D eigenvalue weighted by atomic mass is 10.2. The molecule has 0 aliphatic heterocycles. The molecule has 0 bridgehead atoms. The van der Waals surface area contributed by atoms with E-state index in [4.69, 9.17) is 0 Å². The van der Waals surface area contributed by atoms with Crippen LogP contribution in [0.15, 0.2) is 71.7 Å². The van der Waals surface area contributed by atoms with Crippen LogP contribution in [0, 0.1) is 0 Å². The van der Waals surface area contributed by atoms with Crippen LogP contribution in [0.4, 0.5) is 42.5 Å². The lowest BCUT2D eigenvalue weighted by molar-refractivity contribution is -0.274. The Morgan fingerprint density at radius 3 is 1.88 bits per heavy atom. The van der Waals surface area contributed by atoms with Gasteiger partial charge in [-0.25, -0.2) is 4.79 Å². The Morgan fingerprint density at radius 2 is 1.36 bits per heavy atom. The van der Waals surface area contributed by atoms with Gasteiger partial charge in [0.1, 0.15) is 5.75 Å². The van der Waals surface area contributed by atoms with Gasteiger partial charge in [-0.05, 0) is 48.0 Å². The molecule has 2 amide bonds. The SMILES string of the molecule is O=C(Nc1ccc(Cn2cc(C(F)(F)F)ccc2=O)cc1)Nc1ccc(OC(F)(F)F)cc1. The van der Waals surface area contributed by atoms with Crippen LogP contribution in [0.25, 0.3) is 0 Å². The topological polar surface area (TPSA) is 72.4 Å². The number of carbonyl (C=O) groups excluding carboxylic acids is 1. The van der Waals surface area contributed by atoms with Crippen LogP contribution in [-0.2, 0) is 12.7 Å². The highest BCUT2D eigenvalue weighted by molar-refractivity contribution is 5.99. The first-order valence-corrected chi connectivity index (χ1v) is 9.19. The van der Waals surface area contributed by atoms with Gasteiger partial charge in [-0.2, -0.15) is 13.2 Å². The summed E-state index contributed by atoms with van der Waals surface area (Å²) < 4.78 is 79.7. The number of hydrogen-bond acceptors (Lipinski definition) is 3. The van der Waals surface area contributed by atoms with Crippen LogP contribution in [0.2, 0.25) is 0 Å². The van der Waals surface area contributed by atoms with Crippen molar-refractivity contribution in [1.29, 1.82) is 0 Å². The van der Waals surface area contributed by atoms with Gasteiger partial charge in [0.25, 0.3) is 5.56 Å². The summed E-state index contributed by atoms with van der Waals surface area (Å²) in [6, 6.07) is 11.4. The van der Waals surface area contributed by atoms with Crippen molar-refractivity contribution >= 4 is 17.4 Å². The number of hydrogen-bond donors (Lipinski definition) is 2. The van der Waals surface area contributed by atoms with E-state index in [1.807, 2.05) is 0 Å². The Kier molecular flexibility index (Phi) is 6.65. The molecular formula is C21H15F6N3O3. The summed E-state index contributed by atoms with van der Waals surface area (Å²) in [6.07, 6.45) is -8.68. The maximum atomic E-state index is 12.8. The zero-order chi connectivity index (χ0) is 24.2. The number of halogens is 6. The summed E-state index contributed by atoms with van der Waals surface area (Å²) in [5, 5.41) is 4.92. The average molecular weight is 471 g/mol. The van der Waals surface area contributed by atoms with Gasteiger partial charge >= 0.3 is 18.6 Å². The van der Waals surface area contributed by atoms with Crippen LogP contribution in [0.1, 0.15) is 11.1 Å². The van der Waals surface area contributed by atoms with E-state index in [-0.39, 0.29) is 12.2 Å². The molecule has 0 aliphatic rings. The van der Waals surface area contributed by atoms with Crippen LogP contribution < -0.4 is 20.9 Å². The van der Waals surface area contributed by atoms with Gasteiger partial charge in [0.05, 0.1) is 12.1 Å². The normalized spacial score (nSPS) is 11.7. The third-order valence-electron chi connectivity index (χ3n) is 4.22. The van der Waals surface area contributed by atoms with Crippen LogP contribution >= 0.6 is 0 Å². The van der Waals surface area contributed by atoms with E-state index in [0.717, 1.165) is 29.0 Å². The van der Waals surface area contributed by atoms with Gasteiger partial charge in [-0.1, -0.05) is 12.1 Å². The number of alkyl halides is 6. The van der Waals surface area contributed by atoms with Crippen molar-refractivity contribution in [2.24, 2.45) is 0 Å². The highest BCUT2D eigenvalue weighted by Crippen LogP contribution is 2.28. The number of carbonyl (C=O) groups is 1. The first-order valence-electron chi connectivity index (χ1n) is 9.19. The van der Waals surface area contributed by atoms with Gasteiger partial charge in [-0.15, -0.1) is 13.2 Å². The second kappa shape index (κ2) is 9.27. The fourth-order valence-electron chi connectivity index (χ4n) is 2.75. The van der Waals surface area contributed by atoms with E-state index < -0.39 is 35.4 Å². The van der Waals surface area contributed by atoms with Gasteiger partial charge in [0.2, 0.25) is 0 Å². The summed E-state index contributed by atoms with van der Waals surface area (Å²) in [5.41, 5.74) is -0.485. The fourth-order valence-corrected chi connectivity index (χ4v) is 2.75. The second-order valence-corrected chi connectivity index (χ2v) is 6.73. The smallest absolute Gasteiger partial charge is 0.406 e. The van der Waals surface area contributed by atoms with E-state index >= 15 is 0 Å². The number of nitrogens with zero attached hydrogens (tertiary/aromatic N) is 1. The number of nitrogens with one attached hydrogen (secondary N) is 2. The molecule has 0 saturated carbocycles. The molecule has 12 heteroatoms. The zero-order valence-corrected chi connectivity index (χ0v) is 16.5. The summed E-state index contributed by atoms with van der Waals surface area (Å²) in [6.45, 7) is -0.110. The molecule has 1 aromatic heterocycles. The zero-order valence-electron chi connectivity index (χ0n) is 16.5. The maximum absolute atomic E-state index is 12.8. The Bertz CT molecular complexity index is 1170. The second-order valence-electron chi connectivity index (χ2n) is 6.73. The molecule has 2 aromatic carbocycles. The van der Waals surface area contributed by atoms with Crippen LogP contribution in [0.5, 0.6) is 5.75 Å². The lowest BCUT2D eigenvalue weighted by Gasteiger charge is -2.12. The monoisotopic (exact) mass is 471 g/mol. The summed E-state index contributed by atoms with van der Waals surface area (Å²) in [7, 11) is 0. The molecule has 3 rings (SSSR count). The lowest BCUT2D eigenvalue weighted by Crippen LogP contribution is -2.22. The molecule has 0 radical (unpaired) electrons. The Balaban J connectivity index is 1.60. The van der Waals surface area contributed by atoms with Crippen molar-refractivity contribution in [2.45, 2.75) is 19.1 Å². The van der Waals surface area contributed by atoms with Gasteiger partial charge in [0, 0.05) is 23.6 Å². The minimum Gasteiger partial charge on any atom is -0.406 e. The van der Waals surface area contributed by atoms with Crippen molar-refractivity contribution in [3.05, 3.63) is 88.3 Å². The van der Waals surface area contributed by atoms with E-state index in [1.165, 1.54) is 36.4 Å². The number of anilines is 2. The quantitative estimate of drug-likeness (QED) is 0.486. The summed E-state index contributed by atoms with van der Waals surface area (Å²) in [4.78, 5) is 23.9. The molecule has 0 unspecified atom stereocenters. The summed E-state index contributed by atoms with van der Waals surface area (Å²) >= 11 is 0. The highest BCUT2D eigenvalue weighted by Gasteiger charge is 2.31. The molecule has 0 aliphatic carbocycles. The number of amides is 2. The minimum absolute atomic E-state index is 0.110. The maximum Gasteiger partial charge on any atom is 0.573 e. The molecule has 3 aromatic rings. The first-order chi connectivity index (χ1) is 15.4. The molecule has 0 spiro atoms. The first kappa shape index (κ1) is 23.7. The number of ether oxygens (including phenoxy) is 1. The molecule has 0 atom stereocenters. The highest BCUT2D eigenvalue weighted by atomic mass is 19.4. The Labute approximate surface area is 182 Å². The fraction of sp³-hybridized carbons (Fsp3) is 0.143. The molecule has 2 N–H and O–H groups in total. The van der Waals surface area contributed by atoms with Crippen molar-refractivity contribution in [3.8, 4) is 5.75 Å². The predicted molar refractivity (Wildman–Crippen MR) is 107 cm³/mol. The molecule has 33 heavy (non-hydrogen) atoms. The number of rotatable bonds is 5. The number of pyridine rings is 1. The molecular weight excluding hydrogens is 456 g/mol. The Morgan fingerprint density at radius 1 is 0.818 bits per heavy atom. The third-order valence-corrected chi connectivity index (χ3v) is 4.22. The predicted octanol–water partition coefficient (Wildman–Crippen LogP) is 5.46. The van der Waals surface area contributed by atoms with E-state index in [0.29, 0.717) is 17.3 Å². The number of benzene rings is 2. The minimum atomic E-state index is -4.83. The van der Waals surface area contributed by atoms with E-state index in [1.54, 1.807) is 0 Å². The van der Waals surface area contributed by atoms with Gasteiger partial charge in [-0.3, -0.25) is 4.79 Å². The van der Waals surface area contributed by atoms with Crippen molar-refractivity contribution in [2.75, 3.05) is 10.6 Å². The average Bonchev–Trinajstić information content (AvgIpc) is 2.70. The van der Waals surface area contributed by atoms with Crippen LogP contribution in [-0.4, -0.2) is 17.0 Å². The van der Waals surface area contributed by atoms with E-state index in [9.17, 15) is 35.9 Å². The molecule has 6 nitrogen and oxygen atoms in total. The standard InChI is InChI=1S/C21H15F6N3O3/c22-20(23,24)14-3-10-18(31)30(12-14)11-13-1-4-15(5-2-13)28-19(32)29-16-6-8-17(9-7-16)33-21(25,26)27/h1-10,12H,11H2,(H2,28,29,32). The van der Waals surface area contributed by atoms with Crippen molar-refractivity contribution < 1.29 is 35.9 Å². The van der Waals surface area contributed by atoms with Crippen molar-refractivity contribution in [3.63, 3.8) is 0 Å². The Hall–Kier alpha value is -3.96. The van der Waals surface area contributed by atoms with E-state index in [2.05, 4.69) is 15.4 Å².